The molecule has 6 heterocycles. The molecule has 5 aromatic carbocycles. The van der Waals surface area contributed by atoms with Crippen molar-refractivity contribution in [2.45, 2.75) is 81.6 Å². The summed E-state index contributed by atoms with van der Waals surface area (Å²) >= 11 is 6.04. The molecular weight excluding hydrogens is 1030 g/mol. The minimum absolute atomic E-state index is 0.0517. The summed E-state index contributed by atoms with van der Waals surface area (Å²) in [4.78, 5) is 71.0. The molecule has 0 aliphatic carbocycles. The van der Waals surface area contributed by atoms with E-state index in [0.29, 0.717) is 133 Å². The number of nitriles is 3. The van der Waals surface area contributed by atoms with Gasteiger partial charge in [-0.2, -0.15) is 15.8 Å². The molecule has 16 heteroatoms. The number of phenolic OH excluding ortho intramolecular Hbond substituents is 1. The number of rotatable bonds is 9. The molecule has 0 atom stereocenters. The largest absolute Gasteiger partial charge is 0.508 e. The normalized spacial score (nSPS) is 16.8. The van der Waals surface area contributed by atoms with Gasteiger partial charge >= 0.3 is 0 Å². The van der Waals surface area contributed by atoms with Crippen LogP contribution in [0.15, 0.2) is 127 Å². The fourth-order valence-electron chi connectivity index (χ4n) is 11.5. The summed E-state index contributed by atoms with van der Waals surface area (Å²) in [6.07, 6.45) is 8.11. The van der Waals surface area contributed by atoms with Crippen LogP contribution in [0.2, 0.25) is 5.02 Å². The molecule has 80 heavy (non-hydrogen) atoms. The lowest BCUT2D eigenvalue weighted by atomic mass is 9.74. The highest BCUT2D eigenvalue weighted by Gasteiger charge is 2.40. The van der Waals surface area contributed by atoms with Crippen molar-refractivity contribution in [3.05, 3.63) is 177 Å². The van der Waals surface area contributed by atoms with Gasteiger partial charge in [-0.05, 0) is 136 Å². The number of fused-ring (bicyclic) bond motifs is 2. The lowest BCUT2D eigenvalue weighted by molar-refractivity contribution is 0.0677. The highest BCUT2D eigenvalue weighted by molar-refractivity contribution is 6.30. The zero-order valence-electron chi connectivity index (χ0n) is 44.5. The summed E-state index contributed by atoms with van der Waals surface area (Å²) in [6, 6.07) is 44.9. The SMILES string of the molecule is N#CC1(c2ccccc2)CCN(C(=O)c2cc(C(=O)N3CCCCC3)c3cc(O)ccc3n2)CC1.N#Cc1cc(Cl)ccc1COc1ccc2nc(C(=O)N3CCC(C#N)(c4ccccc4)CC3)cc(C(=O)N3CCCCC3)c2c1. The molecule has 4 amide bonds. The van der Waals surface area contributed by atoms with Gasteiger partial charge in [-0.1, -0.05) is 78.3 Å². The minimum Gasteiger partial charge on any atom is -0.508 e. The fraction of sp³-hybridized carbons (Fsp3) is 0.328. The van der Waals surface area contributed by atoms with Gasteiger partial charge in [0.1, 0.15) is 29.5 Å². The van der Waals surface area contributed by atoms with Crippen molar-refractivity contribution in [2.24, 2.45) is 0 Å². The number of carbonyl (C=O) groups is 4. The zero-order chi connectivity index (χ0) is 55.8. The molecule has 7 aromatic rings. The molecular formula is C64H60ClN9O6. The predicted octanol–water partition coefficient (Wildman–Crippen LogP) is 10.9. The average Bonchev–Trinajstić information content (AvgIpc) is 3.54. The van der Waals surface area contributed by atoms with E-state index in [9.17, 15) is 40.1 Å². The van der Waals surface area contributed by atoms with Crippen LogP contribution in [0, 0.1) is 34.0 Å². The predicted molar refractivity (Wildman–Crippen MR) is 303 cm³/mol. The molecule has 0 bridgehead atoms. The van der Waals surface area contributed by atoms with Gasteiger partial charge in [-0.25, -0.2) is 9.97 Å². The van der Waals surface area contributed by atoms with Gasteiger partial charge in [0.05, 0.1) is 56.8 Å². The van der Waals surface area contributed by atoms with E-state index < -0.39 is 10.8 Å². The number of ether oxygens (including phenoxy) is 1. The number of aromatic hydroxyl groups is 1. The smallest absolute Gasteiger partial charge is 0.272 e. The van der Waals surface area contributed by atoms with Crippen LogP contribution >= 0.6 is 11.6 Å². The number of piperidine rings is 4. The second-order valence-corrected chi connectivity index (χ2v) is 21.5. The van der Waals surface area contributed by atoms with Crippen molar-refractivity contribution in [2.75, 3.05) is 52.4 Å². The van der Waals surface area contributed by atoms with Gasteiger partial charge in [0.25, 0.3) is 23.6 Å². The first-order valence-corrected chi connectivity index (χ1v) is 27.8. The number of likely N-dealkylation sites (tertiary alicyclic amines) is 4. The average molecular weight is 1090 g/mol. The van der Waals surface area contributed by atoms with E-state index in [1.54, 1.807) is 64.4 Å². The standard InChI is InChI=1S/C36H32ClN5O3.C28H28N4O3/c37-28-10-9-25(26(19-28)22-38)23-45-29-11-12-32-30(20-29)31(34(43)41-15-5-2-6-16-41)21-33(40-32)35(44)42-17-13-36(24-39,14-18-42)27-7-3-1-4-8-27;29-19-28(20-7-3-1-4-8-20)11-15-32(16-12-28)27(35)25-18-23(26(34)31-13-5-2-6-14-31)22-17-21(33)9-10-24(22)30-25/h1,3-4,7-12,19-21H,2,5-6,13-18,23H2;1,3-4,7-10,17-18,33H,2,5-6,11-16H2. The molecule has 0 radical (unpaired) electrons. The molecule has 15 nitrogen and oxygen atoms in total. The summed E-state index contributed by atoms with van der Waals surface area (Å²) in [6.45, 7) is 4.55. The van der Waals surface area contributed by atoms with Crippen molar-refractivity contribution in [3.63, 3.8) is 0 Å². The Morgan fingerprint density at radius 2 is 0.975 bits per heavy atom. The van der Waals surface area contributed by atoms with Crippen LogP contribution < -0.4 is 4.74 Å². The second-order valence-electron chi connectivity index (χ2n) is 21.1. The summed E-state index contributed by atoms with van der Waals surface area (Å²) in [5, 5.41) is 41.2. The number of nitrogens with zero attached hydrogens (tertiary/aromatic N) is 9. The Morgan fingerprint density at radius 1 is 0.525 bits per heavy atom. The van der Waals surface area contributed by atoms with Crippen LogP contribution in [0.1, 0.15) is 128 Å². The van der Waals surface area contributed by atoms with Crippen molar-refractivity contribution in [3.8, 4) is 29.7 Å². The van der Waals surface area contributed by atoms with Crippen LogP contribution in [0.5, 0.6) is 11.5 Å². The number of amides is 4. The van der Waals surface area contributed by atoms with Gasteiger partial charge in [0.15, 0.2) is 0 Å². The van der Waals surface area contributed by atoms with Crippen molar-refractivity contribution in [1.29, 1.82) is 15.8 Å². The molecule has 404 valence electrons. The maximum atomic E-state index is 13.9. The first kappa shape index (κ1) is 54.5. The Hall–Kier alpha value is -8.84. The lowest BCUT2D eigenvalue weighted by Gasteiger charge is -2.37. The van der Waals surface area contributed by atoms with E-state index in [1.165, 1.54) is 12.1 Å². The minimum atomic E-state index is -0.638. The van der Waals surface area contributed by atoms with Gasteiger partial charge in [0, 0.05) is 73.7 Å². The molecule has 11 rings (SSSR count). The first-order chi connectivity index (χ1) is 38.9. The molecule has 2 aromatic heterocycles. The number of carbonyl (C=O) groups excluding carboxylic acids is 4. The first-order valence-electron chi connectivity index (χ1n) is 27.4. The van der Waals surface area contributed by atoms with Gasteiger partial charge in [0.2, 0.25) is 0 Å². The Labute approximate surface area is 470 Å². The molecule has 0 unspecified atom stereocenters. The summed E-state index contributed by atoms with van der Waals surface area (Å²) < 4.78 is 6.05. The highest BCUT2D eigenvalue weighted by Crippen LogP contribution is 2.38. The summed E-state index contributed by atoms with van der Waals surface area (Å²) in [5.74, 6) is -0.203. The van der Waals surface area contributed by atoms with E-state index in [0.717, 1.165) is 49.7 Å². The van der Waals surface area contributed by atoms with E-state index in [-0.39, 0.29) is 47.4 Å². The topological polar surface area (TPSA) is 208 Å². The number of hydrogen-bond donors (Lipinski definition) is 1. The third-order valence-corrected chi connectivity index (χ3v) is 16.5. The van der Waals surface area contributed by atoms with Crippen molar-refractivity contribution in [1.82, 2.24) is 29.6 Å². The summed E-state index contributed by atoms with van der Waals surface area (Å²) in [5.41, 5.74) is 4.07. The molecule has 0 spiro atoms. The zero-order valence-corrected chi connectivity index (χ0v) is 45.2. The molecule has 1 N–H and O–H groups in total. The van der Waals surface area contributed by atoms with Gasteiger partial charge < -0.3 is 29.4 Å². The van der Waals surface area contributed by atoms with Gasteiger partial charge in [-0.3, -0.25) is 19.2 Å². The van der Waals surface area contributed by atoms with Crippen LogP contribution in [-0.4, -0.2) is 111 Å². The van der Waals surface area contributed by atoms with Crippen LogP contribution in [0.3, 0.4) is 0 Å². The number of aromatic nitrogens is 2. The van der Waals surface area contributed by atoms with Crippen LogP contribution in [-0.2, 0) is 17.4 Å². The Morgan fingerprint density at radius 3 is 1.44 bits per heavy atom. The Bertz CT molecular complexity index is 3600. The monoisotopic (exact) mass is 1090 g/mol. The molecule has 4 fully saturated rings. The number of hydrogen-bond acceptors (Lipinski definition) is 11. The maximum absolute atomic E-state index is 13.9. The van der Waals surface area contributed by atoms with Crippen LogP contribution in [0.25, 0.3) is 21.8 Å². The Kier molecular flexibility index (Phi) is 16.4. The van der Waals surface area contributed by atoms with E-state index >= 15 is 0 Å². The quantitative estimate of drug-likeness (QED) is 0.144. The Balaban J connectivity index is 0.000000186. The van der Waals surface area contributed by atoms with E-state index in [4.69, 9.17) is 21.3 Å². The fourth-order valence-corrected chi connectivity index (χ4v) is 11.7. The number of pyridine rings is 2. The molecule has 4 saturated heterocycles. The van der Waals surface area contributed by atoms with Crippen molar-refractivity contribution >= 4 is 57.0 Å². The van der Waals surface area contributed by atoms with E-state index in [1.807, 2.05) is 70.5 Å². The number of phenols is 1. The third-order valence-electron chi connectivity index (χ3n) is 16.2. The number of benzene rings is 5. The maximum Gasteiger partial charge on any atom is 0.272 e. The summed E-state index contributed by atoms with van der Waals surface area (Å²) in [7, 11) is 0. The van der Waals surface area contributed by atoms with Crippen LogP contribution in [0.4, 0.5) is 0 Å². The highest BCUT2D eigenvalue weighted by atomic mass is 35.5. The molecule has 0 saturated carbocycles. The van der Waals surface area contributed by atoms with Gasteiger partial charge in [-0.15, -0.1) is 0 Å². The molecule has 4 aliphatic rings. The third kappa shape index (κ3) is 11.5. The van der Waals surface area contributed by atoms with Crippen molar-refractivity contribution < 1.29 is 29.0 Å². The van der Waals surface area contributed by atoms with E-state index in [2.05, 4.69) is 23.2 Å². The lowest BCUT2D eigenvalue weighted by Crippen LogP contribution is -2.45. The second kappa shape index (κ2) is 24.0. The number of halogens is 1. The molecule has 4 aliphatic heterocycles.